The van der Waals surface area contributed by atoms with E-state index < -0.39 is 18.8 Å². The van der Waals surface area contributed by atoms with E-state index in [0.717, 1.165) is 30.4 Å². The number of carbonyl (C=O) groups excluding carboxylic acids is 1. The summed E-state index contributed by atoms with van der Waals surface area (Å²) in [6.07, 6.45) is 3.32. The third kappa shape index (κ3) is 6.70. The number of likely N-dealkylation sites (tertiary alicyclic amines) is 1. The van der Waals surface area contributed by atoms with Crippen molar-refractivity contribution >= 4 is 18.8 Å². The van der Waals surface area contributed by atoms with Crippen LogP contribution in [0.4, 0.5) is 0 Å². The van der Waals surface area contributed by atoms with Crippen LogP contribution in [-0.2, 0) is 16.0 Å². The predicted molar refractivity (Wildman–Crippen MR) is 128 cm³/mol. The van der Waals surface area contributed by atoms with E-state index in [9.17, 15) is 19.7 Å². The van der Waals surface area contributed by atoms with E-state index in [1.807, 2.05) is 18.2 Å². The van der Waals surface area contributed by atoms with E-state index in [1.54, 1.807) is 18.6 Å². The van der Waals surface area contributed by atoms with Gasteiger partial charge in [-0.2, -0.15) is 0 Å². The smallest absolute Gasteiger partial charge is 0.306 e. The molecule has 0 aliphatic carbocycles. The van der Waals surface area contributed by atoms with Gasteiger partial charge in [0.05, 0.1) is 5.92 Å². The van der Waals surface area contributed by atoms with E-state index in [2.05, 4.69) is 36.4 Å². The predicted octanol–water partition coefficient (Wildman–Crippen LogP) is 4.48. The Morgan fingerprint density at radius 2 is 1.62 bits per heavy atom. The molecule has 0 radical (unpaired) electrons. The second kappa shape index (κ2) is 11.3. The van der Waals surface area contributed by atoms with Crippen LogP contribution in [0, 0.1) is 17.8 Å². The standard InChI is InChI=1S/C26H34BNO4/c1-19(29)28-14-12-24(13-15-28)25(26(30)31)17-21(18-27(2)32)16-20-8-10-23(11-9-20)22-6-4-3-5-7-22/h3-11,21,24-25,32H,12-18H2,1-2H3,(H,30,31)/t21-,25?/m1/s1. The van der Waals surface area contributed by atoms with E-state index >= 15 is 0 Å². The SMILES string of the molecule is CB(O)C[C@H](Cc1ccc(-c2ccccc2)cc1)CC(C(=O)O)C1CCN(C(C)=O)CC1. The van der Waals surface area contributed by atoms with Gasteiger partial charge < -0.3 is 15.0 Å². The lowest BCUT2D eigenvalue weighted by Gasteiger charge is -2.35. The Hall–Kier alpha value is -2.60. The second-order valence-corrected chi connectivity index (χ2v) is 9.24. The summed E-state index contributed by atoms with van der Waals surface area (Å²) in [4.78, 5) is 25.6. The van der Waals surface area contributed by atoms with Crippen molar-refractivity contribution in [1.29, 1.82) is 0 Å². The van der Waals surface area contributed by atoms with Crippen LogP contribution in [0.15, 0.2) is 54.6 Å². The number of carboxylic acids is 1. The van der Waals surface area contributed by atoms with Gasteiger partial charge in [0.1, 0.15) is 0 Å². The Morgan fingerprint density at radius 1 is 1.03 bits per heavy atom. The van der Waals surface area contributed by atoms with Crippen LogP contribution in [0.5, 0.6) is 0 Å². The number of hydrogen-bond donors (Lipinski definition) is 2. The Labute approximate surface area is 191 Å². The Bertz CT molecular complexity index is 876. The second-order valence-electron chi connectivity index (χ2n) is 9.24. The molecule has 1 aliphatic rings. The van der Waals surface area contributed by atoms with Crippen molar-refractivity contribution in [2.75, 3.05) is 13.1 Å². The van der Waals surface area contributed by atoms with Gasteiger partial charge in [-0.25, -0.2) is 0 Å². The molecule has 1 aliphatic heterocycles. The molecule has 5 nitrogen and oxygen atoms in total. The molecule has 6 heteroatoms. The topological polar surface area (TPSA) is 77.8 Å². The number of piperidine rings is 1. The quantitative estimate of drug-likeness (QED) is 0.570. The summed E-state index contributed by atoms with van der Waals surface area (Å²) >= 11 is 0. The first-order valence-corrected chi connectivity index (χ1v) is 11.6. The molecule has 3 rings (SSSR count). The Morgan fingerprint density at radius 3 is 2.16 bits per heavy atom. The fourth-order valence-corrected chi connectivity index (χ4v) is 5.01. The molecule has 0 aromatic heterocycles. The van der Waals surface area contributed by atoms with Crippen LogP contribution in [0.2, 0.25) is 13.1 Å². The minimum absolute atomic E-state index is 0.0567. The number of nitrogens with zero attached hydrogens (tertiary/aromatic N) is 1. The average molecular weight is 435 g/mol. The van der Waals surface area contributed by atoms with Crippen LogP contribution in [0.25, 0.3) is 11.1 Å². The Kier molecular flexibility index (Phi) is 8.51. The van der Waals surface area contributed by atoms with Crippen molar-refractivity contribution in [3.63, 3.8) is 0 Å². The van der Waals surface area contributed by atoms with Gasteiger partial charge in [0.2, 0.25) is 5.91 Å². The zero-order valence-electron chi connectivity index (χ0n) is 19.1. The molecule has 1 unspecified atom stereocenters. The molecular weight excluding hydrogens is 401 g/mol. The maximum absolute atomic E-state index is 12.1. The van der Waals surface area contributed by atoms with Crippen molar-refractivity contribution in [3.8, 4) is 11.1 Å². The largest absolute Gasteiger partial charge is 0.481 e. The fraction of sp³-hybridized carbons (Fsp3) is 0.462. The normalized spacial score (nSPS) is 16.4. The third-order valence-electron chi connectivity index (χ3n) is 6.72. The lowest BCUT2D eigenvalue weighted by Crippen LogP contribution is -2.41. The van der Waals surface area contributed by atoms with Crippen molar-refractivity contribution in [2.24, 2.45) is 17.8 Å². The summed E-state index contributed by atoms with van der Waals surface area (Å²) in [7, 11) is 0. The molecule has 2 N–H and O–H groups in total. The zero-order chi connectivity index (χ0) is 23.1. The molecule has 1 saturated heterocycles. The van der Waals surface area contributed by atoms with Crippen molar-refractivity contribution in [3.05, 3.63) is 60.2 Å². The lowest BCUT2D eigenvalue weighted by atomic mass is 9.61. The fourth-order valence-electron chi connectivity index (χ4n) is 5.01. The van der Waals surface area contributed by atoms with E-state index in [0.29, 0.717) is 25.8 Å². The first-order chi connectivity index (χ1) is 15.3. The molecule has 32 heavy (non-hydrogen) atoms. The van der Waals surface area contributed by atoms with Crippen molar-refractivity contribution in [1.82, 2.24) is 4.90 Å². The summed E-state index contributed by atoms with van der Waals surface area (Å²) in [6.45, 7) is 4.12. The Balaban J connectivity index is 1.68. The number of rotatable bonds is 9. The van der Waals surface area contributed by atoms with E-state index in [1.165, 1.54) is 5.56 Å². The molecule has 1 heterocycles. The summed E-state index contributed by atoms with van der Waals surface area (Å²) in [5.41, 5.74) is 3.48. The van der Waals surface area contributed by atoms with Gasteiger partial charge in [0.25, 0.3) is 6.92 Å². The van der Waals surface area contributed by atoms with Crippen LogP contribution >= 0.6 is 0 Å². The van der Waals surface area contributed by atoms with Gasteiger partial charge in [-0.05, 0) is 60.5 Å². The maximum atomic E-state index is 12.1. The molecule has 1 amide bonds. The maximum Gasteiger partial charge on any atom is 0.306 e. The first kappa shape index (κ1) is 24.1. The monoisotopic (exact) mass is 435 g/mol. The van der Waals surface area contributed by atoms with E-state index in [4.69, 9.17) is 0 Å². The van der Waals surface area contributed by atoms with Crippen LogP contribution in [0.1, 0.15) is 31.7 Å². The minimum atomic E-state index is -0.763. The average Bonchev–Trinajstić information content (AvgIpc) is 2.78. The van der Waals surface area contributed by atoms with Crippen molar-refractivity contribution in [2.45, 2.75) is 45.8 Å². The highest BCUT2D eigenvalue weighted by Gasteiger charge is 2.34. The molecule has 0 bridgehead atoms. The lowest BCUT2D eigenvalue weighted by molar-refractivity contribution is -0.145. The molecule has 2 aromatic rings. The minimum Gasteiger partial charge on any atom is -0.481 e. The van der Waals surface area contributed by atoms with Gasteiger partial charge in [-0.1, -0.05) is 61.4 Å². The summed E-state index contributed by atoms with van der Waals surface area (Å²) in [5, 5.41) is 20.0. The molecule has 170 valence electrons. The van der Waals surface area contributed by atoms with Crippen LogP contribution in [-0.4, -0.2) is 46.9 Å². The van der Waals surface area contributed by atoms with Gasteiger partial charge in [0.15, 0.2) is 0 Å². The van der Waals surface area contributed by atoms with Gasteiger partial charge in [-0.15, -0.1) is 0 Å². The number of benzene rings is 2. The number of carbonyl (C=O) groups is 2. The number of amides is 1. The molecule has 1 fully saturated rings. The summed E-state index contributed by atoms with van der Waals surface area (Å²) in [6, 6.07) is 18.6. The number of hydrogen-bond acceptors (Lipinski definition) is 3. The number of aliphatic carboxylic acids is 1. The van der Waals surface area contributed by atoms with Crippen LogP contribution in [0.3, 0.4) is 0 Å². The summed E-state index contributed by atoms with van der Waals surface area (Å²) < 4.78 is 0. The van der Waals surface area contributed by atoms with Gasteiger partial charge in [-0.3, -0.25) is 9.59 Å². The third-order valence-corrected chi connectivity index (χ3v) is 6.72. The van der Waals surface area contributed by atoms with Gasteiger partial charge in [0, 0.05) is 20.0 Å². The van der Waals surface area contributed by atoms with Gasteiger partial charge >= 0.3 is 5.97 Å². The highest BCUT2D eigenvalue weighted by molar-refractivity contribution is 6.48. The van der Waals surface area contributed by atoms with E-state index in [-0.39, 0.29) is 17.7 Å². The highest BCUT2D eigenvalue weighted by Crippen LogP contribution is 2.33. The highest BCUT2D eigenvalue weighted by atomic mass is 16.4. The molecular formula is C26H34BNO4. The first-order valence-electron chi connectivity index (χ1n) is 11.6. The number of carboxylic acid groups (broad SMARTS) is 1. The molecule has 2 aromatic carbocycles. The zero-order valence-corrected chi connectivity index (χ0v) is 19.1. The molecule has 0 spiro atoms. The molecule has 0 saturated carbocycles. The van der Waals surface area contributed by atoms with Crippen LogP contribution < -0.4 is 0 Å². The van der Waals surface area contributed by atoms with Crippen molar-refractivity contribution < 1.29 is 19.7 Å². The summed E-state index contributed by atoms with van der Waals surface area (Å²) in [5.74, 6) is -0.997. The molecule has 2 atom stereocenters.